The van der Waals surface area contributed by atoms with Gasteiger partial charge in [-0.1, -0.05) is 26.0 Å². The van der Waals surface area contributed by atoms with Crippen LogP contribution in [0, 0.1) is 17.0 Å². The third-order valence-electron chi connectivity index (χ3n) is 3.44. The topological polar surface area (TPSA) is 55.2 Å². The van der Waals surface area contributed by atoms with Crippen LogP contribution in [0.1, 0.15) is 44.2 Å². The summed E-state index contributed by atoms with van der Waals surface area (Å²) in [6, 6.07) is 5.54. The highest BCUT2D eigenvalue weighted by Crippen LogP contribution is 2.33. The second kappa shape index (κ2) is 6.50. The summed E-state index contributed by atoms with van der Waals surface area (Å²) in [5.74, 6) is 0.173. The van der Waals surface area contributed by atoms with Crippen LogP contribution in [0.3, 0.4) is 0 Å². The Kier molecular flexibility index (Phi) is 5.28. The molecule has 0 aromatic heterocycles. The lowest BCUT2D eigenvalue weighted by Gasteiger charge is -2.25. The van der Waals surface area contributed by atoms with E-state index in [2.05, 4.69) is 26.1 Å². The number of nitrogens with one attached hydrogen (secondary N) is 1. The fraction of sp³-hybridized carbons (Fsp3) is 0.571. The molecule has 4 nitrogen and oxygen atoms in total. The van der Waals surface area contributed by atoms with Crippen LogP contribution in [0.25, 0.3) is 0 Å². The third-order valence-corrected chi connectivity index (χ3v) is 3.44. The monoisotopic (exact) mass is 250 g/mol. The van der Waals surface area contributed by atoms with E-state index in [-0.39, 0.29) is 22.6 Å². The zero-order valence-electron chi connectivity index (χ0n) is 11.6. The van der Waals surface area contributed by atoms with Crippen molar-refractivity contribution in [2.75, 3.05) is 6.54 Å². The molecule has 0 saturated carbocycles. The fourth-order valence-corrected chi connectivity index (χ4v) is 2.58. The van der Waals surface area contributed by atoms with Crippen LogP contribution < -0.4 is 5.32 Å². The number of nitrogens with zero attached hydrogens (tertiary/aromatic N) is 1. The Morgan fingerprint density at radius 2 is 2.06 bits per heavy atom. The van der Waals surface area contributed by atoms with Gasteiger partial charge < -0.3 is 5.32 Å². The summed E-state index contributed by atoms with van der Waals surface area (Å²) >= 11 is 0. The second-order valence-electron chi connectivity index (χ2n) is 4.63. The zero-order chi connectivity index (χ0) is 13.7. The summed E-state index contributed by atoms with van der Waals surface area (Å²) in [5.41, 5.74) is 2.12. The molecule has 0 fully saturated rings. The highest BCUT2D eigenvalue weighted by molar-refractivity contribution is 5.48. The molecule has 100 valence electrons. The molecule has 0 radical (unpaired) electrons. The van der Waals surface area contributed by atoms with E-state index in [1.165, 1.54) is 0 Å². The molecule has 4 heteroatoms. The molecule has 18 heavy (non-hydrogen) atoms. The molecule has 0 aliphatic heterocycles. The van der Waals surface area contributed by atoms with Gasteiger partial charge in [0.15, 0.2) is 0 Å². The van der Waals surface area contributed by atoms with E-state index in [9.17, 15) is 10.1 Å². The Morgan fingerprint density at radius 1 is 1.39 bits per heavy atom. The number of rotatable bonds is 6. The van der Waals surface area contributed by atoms with Crippen molar-refractivity contribution in [3.8, 4) is 0 Å². The van der Waals surface area contributed by atoms with Gasteiger partial charge in [0.1, 0.15) is 0 Å². The van der Waals surface area contributed by atoms with Gasteiger partial charge in [0, 0.05) is 23.6 Å². The van der Waals surface area contributed by atoms with Gasteiger partial charge >= 0.3 is 0 Å². The van der Waals surface area contributed by atoms with Crippen molar-refractivity contribution in [2.24, 2.45) is 0 Å². The molecule has 1 aromatic carbocycles. The molecule has 1 rings (SSSR count). The summed E-state index contributed by atoms with van der Waals surface area (Å²) < 4.78 is 0. The molecule has 0 aliphatic rings. The van der Waals surface area contributed by atoms with Crippen molar-refractivity contribution < 1.29 is 4.92 Å². The molecule has 0 spiro atoms. The zero-order valence-corrected chi connectivity index (χ0v) is 11.6. The maximum Gasteiger partial charge on any atom is 0.273 e. The van der Waals surface area contributed by atoms with Gasteiger partial charge in [0.2, 0.25) is 0 Å². The minimum absolute atomic E-state index is 0.173. The van der Waals surface area contributed by atoms with Crippen LogP contribution in [-0.4, -0.2) is 17.5 Å². The van der Waals surface area contributed by atoms with Crippen molar-refractivity contribution in [1.29, 1.82) is 0 Å². The Hall–Kier alpha value is -1.42. The highest BCUT2D eigenvalue weighted by atomic mass is 16.6. The molecule has 0 amide bonds. The van der Waals surface area contributed by atoms with Gasteiger partial charge in [-0.05, 0) is 32.4 Å². The average Bonchev–Trinajstić information content (AvgIpc) is 2.32. The predicted octanol–water partition coefficient (Wildman–Crippen LogP) is 3.39. The number of aryl methyl sites for hydroxylation is 1. The first-order chi connectivity index (χ1) is 8.52. The van der Waals surface area contributed by atoms with E-state index < -0.39 is 0 Å². The van der Waals surface area contributed by atoms with E-state index in [0.717, 1.165) is 24.1 Å². The Labute approximate surface area is 109 Å². The van der Waals surface area contributed by atoms with Crippen LogP contribution in [0.15, 0.2) is 18.2 Å². The van der Waals surface area contributed by atoms with Gasteiger partial charge in [-0.15, -0.1) is 0 Å². The molecule has 0 saturated heterocycles. The molecular formula is C14H22N2O2. The molecular weight excluding hydrogens is 228 g/mol. The molecule has 1 aromatic rings. The first-order valence-corrected chi connectivity index (χ1v) is 6.50. The van der Waals surface area contributed by atoms with E-state index in [0.29, 0.717) is 0 Å². The Balaban J connectivity index is 3.23. The maximum atomic E-state index is 11.2. The highest BCUT2D eigenvalue weighted by Gasteiger charge is 2.26. The largest absolute Gasteiger partial charge is 0.314 e. The van der Waals surface area contributed by atoms with Gasteiger partial charge in [0.05, 0.1) is 4.92 Å². The molecule has 0 aliphatic carbocycles. The number of hydrogen-bond acceptors (Lipinski definition) is 3. The predicted molar refractivity (Wildman–Crippen MR) is 74.0 cm³/mol. The van der Waals surface area contributed by atoms with Crippen molar-refractivity contribution in [3.63, 3.8) is 0 Å². The third kappa shape index (κ3) is 3.07. The first-order valence-electron chi connectivity index (χ1n) is 6.50. The molecule has 0 heterocycles. The summed E-state index contributed by atoms with van der Waals surface area (Å²) in [5, 5.41) is 14.5. The Morgan fingerprint density at radius 3 is 2.56 bits per heavy atom. The molecule has 0 bridgehead atoms. The summed E-state index contributed by atoms with van der Waals surface area (Å²) in [7, 11) is 0. The van der Waals surface area contributed by atoms with E-state index in [4.69, 9.17) is 0 Å². The summed E-state index contributed by atoms with van der Waals surface area (Å²) in [6.07, 6.45) is 0.889. The summed E-state index contributed by atoms with van der Waals surface area (Å²) in [4.78, 5) is 10.9. The standard InChI is InChI=1S/C14H22N2O2/c1-5-12(11(4)15-6-2)14-10(3)8-7-9-13(14)16(17)18/h7-9,11-12,15H,5-6H2,1-4H3. The number of nitro benzene ring substituents is 1. The SMILES string of the molecule is CCNC(C)C(CC)c1c(C)cccc1[N+](=O)[O-]. The Bertz CT molecular complexity index is 418. The van der Waals surface area contributed by atoms with Gasteiger partial charge in [-0.3, -0.25) is 10.1 Å². The molecule has 2 atom stereocenters. The van der Waals surface area contributed by atoms with Crippen molar-refractivity contribution in [3.05, 3.63) is 39.4 Å². The number of benzene rings is 1. The lowest BCUT2D eigenvalue weighted by atomic mass is 9.86. The van der Waals surface area contributed by atoms with Gasteiger partial charge in [-0.25, -0.2) is 0 Å². The normalized spacial score (nSPS) is 14.2. The first kappa shape index (κ1) is 14.6. The number of likely N-dealkylation sites (N-methyl/N-ethyl adjacent to an activating group) is 1. The smallest absolute Gasteiger partial charge is 0.273 e. The quantitative estimate of drug-likeness (QED) is 0.622. The van der Waals surface area contributed by atoms with E-state index in [1.54, 1.807) is 12.1 Å². The van der Waals surface area contributed by atoms with Crippen LogP contribution in [0.4, 0.5) is 5.69 Å². The lowest BCUT2D eigenvalue weighted by molar-refractivity contribution is -0.385. The maximum absolute atomic E-state index is 11.2. The summed E-state index contributed by atoms with van der Waals surface area (Å²) in [6.45, 7) is 9.04. The number of hydrogen-bond donors (Lipinski definition) is 1. The van der Waals surface area contributed by atoms with Crippen LogP contribution in [0.5, 0.6) is 0 Å². The van der Waals surface area contributed by atoms with Gasteiger partial charge in [-0.2, -0.15) is 0 Å². The van der Waals surface area contributed by atoms with Crippen molar-refractivity contribution in [1.82, 2.24) is 5.32 Å². The van der Waals surface area contributed by atoms with Crippen LogP contribution >= 0.6 is 0 Å². The molecule has 2 unspecified atom stereocenters. The van der Waals surface area contributed by atoms with Crippen molar-refractivity contribution in [2.45, 2.75) is 46.1 Å². The fourth-order valence-electron chi connectivity index (χ4n) is 2.58. The van der Waals surface area contributed by atoms with Crippen molar-refractivity contribution >= 4 is 5.69 Å². The lowest BCUT2D eigenvalue weighted by Crippen LogP contribution is -2.32. The van der Waals surface area contributed by atoms with Crippen LogP contribution in [0.2, 0.25) is 0 Å². The second-order valence-corrected chi connectivity index (χ2v) is 4.63. The van der Waals surface area contributed by atoms with E-state index >= 15 is 0 Å². The van der Waals surface area contributed by atoms with E-state index in [1.807, 2.05) is 13.0 Å². The minimum Gasteiger partial charge on any atom is -0.314 e. The van der Waals surface area contributed by atoms with Crippen LogP contribution in [-0.2, 0) is 0 Å². The minimum atomic E-state index is -0.274. The molecule has 1 N–H and O–H groups in total. The van der Waals surface area contributed by atoms with Gasteiger partial charge in [0.25, 0.3) is 5.69 Å². The number of nitro groups is 1. The average molecular weight is 250 g/mol.